The lowest BCUT2D eigenvalue weighted by Crippen LogP contribution is -2.51. The Morgan fingerprint density at radius 2 is 1.51 bits per heavy atom. The number of carbonyl (C=O) groups excluding carboxylic acids is 4. The smallest absolute Gasteiger partial charge is 0.242 e. The highest BCUT2D eigenvalue weighted by Gasteiger charge is 2.56. The first-order valence-electron chi connectivity index (χ1n) is 23.2. The molecule has 1 atom stereocenters. The molecule has 1 aliphatic carbocycles. The minimum Gasteiger partial charge on any atom is -0.495 e. The predicted octanol–water partition coefficient (Wildman–Crippen LogP) is 6.32. The van der Waals surface area contributed by atoms with Crippen LogP contribution in [0.2, 0.25) is 0 Å². The molecule has 2 aromatic heterocycles. The van der Waals surface area contributed by atoms with Gasteiger partial charge in [-0.2, -0.15) is 0 Å². The number of benzene rings is 3. The number of hydrogen-bond donors (Lipinski definition) is 4. The van der Waals surface area contributed by atoms with Gasteiger partial charge in [0.15, 0.2) is 0 Å². The zero-order valence-corrected chi connectivity index (χ0v) is 38.6. The van der Waals surface area contributed by atoms with E-state index in [1.54, 1.807) is 50.8 Å². The third-order valence-corrected chi connectivity index (χ3v) is 13.8. The van der Waals surface area contributed by atoms with Crippen LogP contribution in [0.25, 0.3) is 16.6 Å². The molecule has 16 nitrogen and oxygen atoms in total. The number of pyridine rings is 2. The summed E-state index contributed by atoms with van der Waals surface area (Å²) in [5.41, 5.74) is 4.19. The maximum atomic E-state index is 13.3. The fourth-order valence-electron chi connectivity index (χ4n) is 9.48. The van der Waals surface area contributed by atoms with Crippen LogP contribution < -0.4 is 35.6 Å². The number of hydrogen-bond acceptors (Lipinski definition) is 12. The van der Waals surface area contributed by atoms with Crippen LogP contribution in [0.5, 0.6) is 17.2 Å². The van der Waals surface area contributed by atoms with Crippen LogP contribution in [0.15, 0.2) is 91.8 Å². The molecule has 5 aromatic rings. The van der Waals surface area contributed by atoms with Gasteiger partial charge >= 0.3 is 0 Å². The molecule has 0 spiro atoms. The summed E-state index contributed by atoms with van der Waals surface area (Å²) in [6, 6.07) is 19.8. The first kappa shape index (κ1) is 45.9. The number of anilines is 4. The molecule has 1 unspecified atom stereocenters. The van der Waals surface area contributed by atoms with Crippen LogP contribution in [0, 0.1) is 17.2 Å². The summed E-state index contributed by atoms with van der Waals surface area (Å²) in [5.74, 6) is 1.81. The second-order valence-electron chi connectivity index (χ2n) is 18.0. The Morgan fingerprint density at radius 1 is 0.853 bits per heavy atom. The van der Waals surface area contributed by atoms with E-state index in [0.717, 1.165) is 84.7 Å². The van der Waals surface area contributed by atoms with Gasteiger partial charge in [-0.05, 0) is 111 Å². The van der Waals surface area contributed by atoms with Gasteiger partial charge in [-0.3, -0.25) is 29.1 Å². The predicted molar refractivity (Wildman–Crippen MR) is 259 cm³/mol. The van der Waals surface area contributed by atoms with Gasteiger partial charge in [0.25, 0.3) is 0 Å². The Labute approximate surface area is 394 Å². The Morgan fingerprint density at radius 3 is 2.16 bits per heavy atom. The number of rotatable bonds is 15. The van der Waals surface area contributed by atoms with Crippen molar-refractivity contribution in [3.63, 3.8) is 0 Å². The van der Waals surface area contributed by atoms with E-state index in [-0.39, 0.29) is 24.4 Å². The second-order valence-corrected chi connectivity index (χ2v) is 18.0. The monoisotopic (exact) mass is 924 g/mol. The highest BCUT2D eigenvalue weighted by molar-refractivity contribution is 6.17. The van der Waals surface area contributed by atoms with E-state index in [9.17, 15) is 23.6 Å². The molecule has 0 radical (unpaired) electrons. The summed E-state index contributed by atoms with van der Waals surface area (Å²) < 4.78 is 25.6. The van der Waals surface area contributed by atoms with Crippen molar-refractivity contribution in [1.29, 1.82) is 0 Å². The van der Waals surface area contributed by atoms with E-state index in [2.05, 4.69) is 53.7 Å². The van der Waals surface area contributed by atoms with Crippen LogP contribution in [0.1, 0.15) is 43.7 Å². The molecule has 2 saturated heterocycles. The molecule has 0 bridgehead atoms. The van der Waals surface area contributed by atoms with Gasteiger partial charge in [-0.25, -0.2) is 9.37 Å². The Balaban J connectivity index is 0.741. The molecule has 4 amide bonds. The molecule has 68 heavy (non-hydrogen) atoms. The van der Waals surface area contributed by atoms with Crippen LogP contribution in [-0.4, -0.2) is 121 Å². The Bertz CT molecular complexity index is 2720. The third kappa shape index (κ3) is 9.61. The Hall–Kier alpha value is -7.27. The van der Waals surface area contributed by atoms with Crippen molar-refractivity contribution in [2.24, 2.45) is 11.3 Å². The molecule has 3 aliphatic heterocycles. The van der Waals surface area contributed by atoms with Crippen LogP contribution in [-0.2, 0) is 25.7 Å². The summed E-state index contributed by atoms with van der Waals surface area (Å²) >= 11 is 0. The maximum absolute atomic E-state index is 13.3. The fourth-order valence-corrected chi connectivity index (χ4v) is 9.48. The molecule has 354 valence electrons. The largest absolute Gasteiger partial charge is 0.495 e. The number of nitrogens with one attached hydrogen (secondary N) is 4. The maximum Gasteiger partial charge on any atom is 0.242 e. The molecule has 9 rings (SSSR count). The highest BCUT2D eigenvalue weighted by Crippen LogP contribution is 2.48. The number of likely N-dealkylation sites (N-methyl/N-ethyl adjacent to an activating group) is 1. The summed E-state index contributed by atoms with van der Waals surface area (Å²) in [4.78, 5) is 69.9. The van der Waals surface area contributed by atoms with Gasteiger partial charge < -0.3 is 45.4 Å². The number of halogens is 1. The summed E-state index contributed by atoms with van der Waals surface area (Å²) in [6.45, 7) is 12.5. The molecule has 17 heteroatoms. The van der Waals surface area contributed by atoms with E-state index in [4.69, 9.17) is 9.47 Å². The first-order valence-corrected chi connectivity index (χ1v) is 23.2. The molecule has 3 aromatic carbocycles. The number of aromatic nitrogens is 2. The fraction of sp³-hybridized carbons (Fsp3) is 0.373. The van der Waals surface area contributed by atoms with E-state index in [0.29, 0.717) is 67.1 Å². The van der Waals surface area contributed by atoms with Gasteiger partial charge in [-0.15, -0.1) is 0 Å². The number of piperazine rings is 1. The first-order chi connectivity index (χ1) is 32.9. The van der Waals surface area contributed by atoms with Crippen molar-refractivity contribution in [3.8, 4) is 17.2 Å². The van der Waals surface area contributed by atoms with Gasteiger partial charge in [0.05, 0.1) is 24.9 Å². The van der Waals surface area contributed by atoms with Gasteiger partial charge in [0.1, 0.15) is 40.3 Å². The number of fused-ring (bicyclic) bond motifs is 2. The zero-order chi connectivity index (χ0) is 47.5. The average Bonchev–Trinajstić information content (AvgIpc) is 4.12. The summed E-state index contributed by atoms with van der Waals surface area (Å²) in [5, 5.41) is 12.4. The van der Waals surface area contributed by atoms with Crippen molar-refractivity contribution in [1.82, 2.24) is 30.0 Å². The number of ether oxygens (including phenoxy) is 2. The topological polar surface area (TPSA) is 174 Å². The van der Waals surface area contributed by atoms with Gasteiger partial charge in [0, 0.05) is 105 Å². The molecule has 3 fully saturated rings. The highest BCUT2D eigenvalue weighted by atomic mass is 19.1. The van der Waals surface area contributed by atoms with Crippen molar-refractivity contribution >= 4 is 63.1 Å². The van der Waals surface area contributed by atoms with Crippen LogP contribution in [0.3, 0.4) is 0 Å². The molecule has 1 saturated carbocycles. The van der Waals surface area contributed by atoms with E-state index in [1.165, 1.54) is 24.3 Å². The minimum atomic E-state index is -1.17. The summed E-state index contributed by atoms with van der Waals surface area (Å²) in [6.07, 6.45) is 6.34. The third-order valence-electron chi connectivity index (χ3n) is 13.8. The van der Waals surface area contributed by atoms with E-state index in [1.807, 2.05) is 34.9 Å². The van der Waals surface area contributed by atoms with Crippen LogP contribution >= 0.6 is 0 Å². The molecule has 4 aliphatic rings. The van der Waals surface area contributed by atoms with Gasteiger partial charge in [-0.1, -0.05) is 6.58 Å². The number of methoxy groups -OCH3 is 1. The average molecular weight is 925 g/mol. The lowest BCUT2D eigenvalue weighted by atomic mass is 9.95. The lowest BCUT2D eigenvalue weighted by Gasteiger charge is -2.39. The minimum absolute atomic E-state index is 0.0385. The SMILES string of the molecule is C=C1c2ccnc(NCC(=O)N3CCN(CC4CCN(c5cc6nccc(Oc7ccc(NC(=O)C8(C(=O)Nc9ccc(F)cc9)CC8)cc7)c6cc5OC)CC4)CC3)c2CN1C(C)C(=O)NC. The normalized spacial score (nSPS) is 17.3. The molecular weight excluding hydrogens is 868 g/mol. The van der Waals surface area contributed by atoms with E-state index < -0.39 is 23.0 Å². The van der Waals surface area contributed by atoms with Crippen molar-refractivity contribution in [3.05, 3.63) is 109 Å². The standard InChI is InChI=1S/C51H57FN10O6/c1-32-39-13-19-55-47(41(39)31-62(32)33(2)48(64)53-3)56-29-46(63)61-25-23-59(24-26-61)30-34-15-21-60(22-16-34)43-28-42-40(27-45(43)67-4)44(14-20-54-42)68-38-11-9-37(10-12-38)58-50(66)51(17-18-51)49(65)57-36-7-5-35(52)6-8-36/h5-14,19-20,27-28,33-34H,1,15-18,21-26,29-31H2,2-4H3,(H,53,64)(H,55,56)(H,57,65)(H,58,66). The van der Waals surface area contributed by atoms with E-state index >= 15 is 0 Å². The quantitative estimate of drug-likeness (QED) is 0.0863. The number of piperidine rings is 1. The second kappa shape index (κ2) is 19.5. The molecule has 5 heterocycles. The van der Waals surface area contributed by atoms with Crippen LogP contribution in [0.4, 0.5) is 27.3 Å². The van der Waals surface area contributed by atoms with Gasteiger partial charge in [0.2, 0.25) is 23.6 Å². The molecule has 4 N–H and O–H groups in total. The van der Waals surface area contributed by atoms with Crippen molar-refractivity contribution in [2.75, 3.05) is 87.4 Å². The lowest BCUT2D eigenvalue weighted by molar-refractivity contribution is -0.132. The molecular formula is C51H57FN10O6. The van der Waals surface area contributed by atoms with Crippen molar-refractivity contribution < 1.29 is 33.0 Å². The number of amides is 4. The zero-order valence-electron chi connectivity index (χ0n) is 38.6. The number of nitrogens with zero attached hydrogens (tertiary/aromatic N) is 6. The van der Waals surface area contributed by atoms with Crippen molar-refractivity contribution in [2.45, 2.75) is 45.2 Å². The number of carbonyl (C=O) groups is 4. The Kier molecular flexibility index (Phi) is 13.2. The summed E-state index contributed by atoms with van der Waals surface area (Å²) in [7, 11) is 3.30.